The lowest BCUT2D eigenvalue weighted by Gasteiger charge is -2.15. The van der Waals surface area contributed by atoms with E-state index in [9.17, 15) is 14.0 Å². The van der Waals surface area contributed by atoms with Crippen LogP contribution in [0.15, 0.2) is 29.4 Å². The molecule has 146 valence electrons. The van der Waals surface area contributed by atoms with Crippen molar-refractivity contribution in [2.45, 2.75) is 50.6 Å². The van der Waals surface area contributed by atoms with Crippen molar-refractivity contribution in [3.05, 3.63) is 35.9 Å². The first-order valence-corrected chi connectivity index (χ1v) is 9.57. The summed E-state index contributed by atoms with van der Waals surface area (Å²) in [6, 6.07) is 5.59. The zero-order valence-electron chi connectivity index (χ0n) is 15.6. The van der Waals surface area contributed by atoms with Crippen LogP contribution in [0, 0.1) is 11.7 Å². The molecule has 2 rings (SSSR count). The Morgan fingerprint density at radius 3 is 2.48 bits per heavy atom. The molecule has 1 heterocycles. The molecule has 0 saturated carbocycles. The van der Waals surface area contributed by atoms with Crippen LogP contribution in [0.1, 0.15) is 33.0 Å². The van der Waals surface area contributed by atoms with Crippen molar-refractivity contribution >= 4 is 29.3 Å². The molecule has 3 N–H and O–H groups in total. The highest BCUT2D eigenvalue weighted by atomic mass is 32.2. The van der Waals surface area contributed by atoms with Gasteiger partial charge in [-0.05, 0) is 37.1 Å². The van der Waals surface area contributed by atoms with E-state index < -0.39 is 11.2 Å². The van der Waals surface area contributed by atoms with Gasteiger partial charge in [-0.25, -0.2) is 4.39 Å². The van der Waals surface area contributed by atoms with Crippen molar-refractivity contribution < 1.29 is 14.0 Å². The minimum absolute atomic E-state index is 0.196. The van der Waals surface area contributed by atoms with Gasteiger partial charge in [-0.3, -0.25) is 9.59 Å². The molecule has 0 bridgehead atoms. The second kappa shape index (κ2) is 9.50. The summed E-state index contributed by atoms with van der Waals surface area (Å²) < 4.78 is 14.9. The summed E-state index contributed by atoms with van der Waals surface area (Å²) in [5, 5.41) is 11.3. The fourth-order valence-corrected chi connectivity index (χ4v) is 3.24. The lowest BCUT2D eigenvalue weighted by atomic mass is 10.2. The molecule has 0 aliphatic heterocycles. The van der Waals surface area contributed by atoms with Crippen molar-refractivity contribution in [1.82, 2.24) is 14.8 Å². The number of halogens is 1. The Hall–Kier alpha value is -2.42. The highest BCUT2D eigenvalue weighted by Gasteiger charge is 2.21. The number of rotatable bonds is 9. The van der Waals surface area contributed by atoms with Crippen LogP contribution in [0.4, 0.5) is 10.1 Å². The first-order valence-electron chi connectivity index (χ1n) is 8.69. The molecule has 0 fully saturated rings. The van der Waals surface area contributed by atoms with Crippen LogP contribution in [0.3, 0.4) is 0 Å². The first kappa shape index (κ1) is 20.9. The van der Waals surface area contributed by atoms with E-state index in [0.717, 1.165) is 0 Å². The maximum Gasteiger partial charge on any atom is 0.237 e. The number of benzene rings is 1. The molecule has 0 saturated heterocycles. The van der Waals surface area contributed by atoms with Crippen molar-refractivity contribution in [2.24, 2.45) is 11.7 Å². The van der Waals surface area contributed by atoms with Gasteiger partial charge in [-0.15, -0.1) is 10.2 Å². The van der Waals surface area contributed by atoms with E-state index in [1.54, 1.807) is 6.92 Å². The number of anilines is 1. The summed E-state index contributed by atoms with van der Waals surface area (Å²) in [4.78, 5) is 23.5. The average molecular weight is 393 g/mol. The third kappa shape index (κ3) is 6.35. The summed E-state index contributed by atoms with van der Waals surface area (Å²) in [5.74, 6) is 0.0487. The number of aryl methyl sites for hydroxylation is 1. The Balaban J connectivity index is 2.08. The van der Waals surface area contributed by atoms with E-state index in [1.165, 1.54) is 36.0 Å². The fraction of sp³-hybridized carbons (Fsp3) is 0.444. The zero-order valence-corrected chi connectivity index (χ0v) is 16.4. The van der Waals surface area contributed by atoms with Crippen molar-refractivity contribution in [1.29, 1.82) is 0 Å². The Kier molecular flexibility index (Phi) is 7.35. The van der Waals surface area contributed by atoms with Gasteiger partial charge < -0.3 is 15.6 Å². The molecule has 1 atom stereocenters. The number of hydrogen-bond acceptors (Lipinski definition) is 5. The van der Waals surface area contributed by atoms with E-state index in [-0.39, 0.29) is 18.1 Å². The lowest BCUT2D eigenvalue weighted by molar-refractivity contribution is -0.118. The topological polar surface area (TPSA) is 103 Å². The second-order valence-electron chi connectivity index (χ2n) is 6.63. The highest BCUT2D eigenvalue weighted by Crippen LogP contribution is 2.25. The van der Waals surface area contributed by atoms with Crippen LogP contribution in [0.25, 0.3) is 0 Å². The molecule has 0 aliphatic carbocycles. The van der Waals surface area contributed by atoms with Gasteiger partial charge in [0.1, 0.15) is 11.6 Å². The van der Waals surface area contributed by atoms with E-state index in [1.807, 2.05) is 4.57 Å². The molecule has 0 aliphatic rings. The van der Waals surface area contributed by atoms with Crippen LogP contribution in [0.5, 0.6) is 0 Å². The molecule has 1 aromatic carbocycles. The van der Waals surface area contributed by atoms with Crippen LogP contribution < -0.4 is 11.1 Å². The number of nitrogens with two attached hydrogens (primary N) is 1. The Morgan fingerprint density at radius 2 is 1.89 bits per heavy atom. The number of carbonyl (C=O) groups excluding carboxylic acids is 2. The highest BCUT2D eigenvalue weighted by molar-refractivity contribution is 8.00. The maximum atomic E-state index is 13.0. The van der Waals surface area contributed by atoms with Crippen molar-refractivity contribution in [3.63, 3.8) is 0 Å². The summed E-state index contributed by atoms with van der Waals surface area (Å²) in [7, 11) is 0. The number of hydrogen-bond donors (Lipinski definition) is 2. The van der Waals surface area contributed by atoms with Gasteiger partial charge in [0.15, 0.2) is 5.16 Å². The average Bonchev–Trinajstić information content (AvgIpc) is 2.96. The molecule has 2 amide bonds. The number of primary amides is 1. The van der Waals surface area contributed by atoms with E-state index in [0.29, 0.717) is 35.6 Å². The fourth-order valence-electron chi connectivity index (χ4n) is 2.36. The number of thioether (sulfide) groups is 1. The minimum atomic E-state index is -0.436. The van der Waals surface area contributed by atoms with Gasteiger partial charge >= 0.3 is 0 Å². The van der Waals surface area contributed by atoms with Gasteiger partial charge in [0.05, 0.1) is 5.25 Å². The smallest absolute Gasteiger partial charge is 0.237 e. The number of carbonyl (C=O) groups is 2. The Morgan fingerprint density at radius 1 is 1.22 bits per heavy atom. The van der Waals surface area contributed by atoms with Gasteiger partial charge in [0.2, 0.25) is 11.8 Å². The van der Waals surface area contributed by atoms with Gasteiger partial charge in [-0.2, -0.15) is 0 Å². The van der Waals surface area contributed by atoms with Crippen LogP contribution in [0.2, 0.25) is 0 Å². The van der Waals surface area contributed by atoms with Crippen molar-refractivity contribution in [3.8, 4) is 0 Å². The monoisotopic (exact) mass is 393 g/mol. The Bertz CT molecular complexity index is 792. The Labute approximate surface area is 161 Å². The van der Waals surface area contributed by atoms with Crippen LogP contribution >= 0.6 is 11.8 Å². The summed E-state index contributed by atoms with van der Waals surface area (Å²) in [6.07, 6.45) is 0.604. The normalized spacial score (nSPS) is 12.2. The van der Waals surface area contributed by atoms with E-state index >= 15 is 0 Å². The molecule has 1 aromatic heterocycles. The van der Waals surface area contributed by atoms with E-state index in [4.69, 9.17) is 5.73 Å². The van der Waals surface area contributed by atoms with Crippen LogP contribution in [-0.4, -0.2) is 31.8 Å². The number of nitrogens with one attached hydrogen (secondary N) is 1. The molecule has 7 nitrogen and oxygen atoms in total. The third-order valence-electron chi connectivity index (χ3n) is 3.70. The third-order valence-corrected chi connectivity index (χ3v) is 4.78. The predicted octanol–water partition coefficient (Wildman–Crippen LogP) is 2.61. The molecular formula is C18H24FN5O2S. The van der Waals surface area contributed by atoms with Gasteiger partial charge in [0, 0.05) is 25.1 Å². The first-order chi connectivity index (χ1) is 12.8. The maximum absolute atomic E-state index is 13.0. The molecule has 0 spiro atoms. The summed E-state index contributed by atoms with van der Waals surface area (Å²) in [5.41, 5.74) is 5.75. The summed E-state index contributed by atoms with van der Waals surface area (Å²) >= 11 is 1.28. The SMILES string of the molecule is CC(C)Cn1c(CCC(N)=O)nnc1S[C@H](C)C(=O)Nc1ccc(F)cc1. The van der Waals surface area contributed by atoms with Crippen molar-refractivity contribution in [2.75, 3.05) is 5.32 Å². The number of aromatic nitrogens is 3. The molecular weight excluding hydrogens is 369 g/mol. The largest absolute Gasteiger partial charge is 0.370 e. The molecule has 0 radical (unpaired) electrons. The number of amides is 2. The van der Waals surface area contributed by atoms with Crippen LogP contribution in [-0.2, 0) is 22.6 Å². The second-order valence-corrected chi connectivity index (χ2v) is 7.93. The van der Waals surface area contributed by atoms with E-state index in [2.05, 4.69) is 29.4 Å². The summed E-state index contributed by atoms with van der Waals surface area (Å²) in [6.45, 7) is 6.57. The molecule has 2 aromatic rings. The van der Waals surface area contributed by atoms with Gasteiger partial charge in [-0.1, -0.05) is 25.6 Å². The number of nitrogens with zero attached hydrogens (tertiary/aromatic N) is 3. The molecule has 9 heteroatoms. The molecule has 27 heavy (non-hydrogen) atoms. The quantitative estimate of drug-likeness (QED) is 0.638. The van der Waals surface area contributed by atoms with Gasteiger partial charge in [0.25, 0.3) is 0 Å². The zero-order chi connectivity index (χ0) is 20.0. The standard InChI is InChI=1S/C18H24FN5O2S/c1-11(2)10-24-16(9-8-15(20)25)22-23-18(24)27-12(3)17(26)21-14-6-4-13(19)5-7-14/h4-7,11-12H,8-10H2,1-3H3,(H2,20,25)(H,21,26)/t12-/m1/s1. The minimum Gasteiger partial charge on any atom is -0.370 e. The molecule has 0 unspecified atom stereocenters. The lowest BCUT2D eigenvalue weighted by Crippen LogP contribution is -2.23. The predicted molar refractivity (Wildman–Crippen MR) is 103 cm³/mol.